The zero-order valence-electron chi connectivity index (χ0n) is 8.22. The highest BCUT2D eigenvalue weighted by molar-refractivity contribution is 5.09. The van der Waals surface area contributed by atoms with Crippen LogP contribution < -0.4 is 0 Å². The van der Waals surface area contributed by atoms with Crippen molar-refractivity contribution in [3.63, 3.8) is 0 Å². The van der Waals surface area contributed by atoms with E-state index in [2.05, 4.69) is 33.8 Å². The van der Waals surface area contributed by atoms with Gasteiger partial charge in [-0.05, 0) is 37.5 Å². The molecule has 0 saturated heterocycles. The molecule has 0 nitrogen and oxygen atoms in total. The number of hydrogen-bond acceptors (Lipinski definition) is 0. The van der Waals surface area contributed by atoms with E-state index in [1.165, 1.54) is 12.8 Å². The van der Waals surface area contributed by atoms with Gasteiger partial charge >= 0.3 is 0 Å². The quantitative estimate of drug-likeness (QED) is 0.503. The molecule has 1 rings (SSSR count). The molecule has 3 atom stereocenters. The molecule has 0 fully saturated rings. The first-order valence-electron chi connectivity index (χ1n) is 4.83. The van der Waals surface area contributed by atoms with Gasteiger partial charge in [0.2, 0.25) is 0 Å². The van der Waals surface area contributed by atoms with Crippen molar-refractivity contribution in [2.24, 2.45) is 17.8 Å². The average molecular weight is 152 g/mol. The molecule has 0 amide bonds. The van der Waals surface area contributed by atoms with Crippen LogP contribution in [0.2, 0.25) is 0 Å². The molecule has 1 aliphatic carbocycles. The van der Waals surface area contributed by atoms with E-state index in [9.17, 15) is 0 Å². The Balaban J connectivity index is 2.69. The molecule has 2 unspecified atom stereocenters. The second-order valence-corrected chi connectivity index (χ2v) is 4.10. The molecule has 0 aliphatic heterocycles. The Bertz CT molecular complexity index is 155. The molecule has 0 bridgehead atoms. The van der Waals surface area contributed by atoms with Crippen LogP contribution in [0.1, 0.15) is 40.5 Å². The standard InChI is InChI=1S/C11H20/c1-5-11-7-9(3)8(2)6-10(11)4/h7-8,10-11H,5-6H2,1-4H3/t8-,10?,11?/m0/s1. The van der Waals surface area contributed by atoms with E-state index in [1.54, 1.807) is 5.57 Å². The van der Waals surface area contributed by atoms with E-state index in [-0.39, 0.29) is 0 Å². The smallest absolute Gasteiger partial charge is 0.0208 e. The van der Waals surface area contributed by atoms with E-state index in [0.717, 1.165) is 17.8 Å². The maximum atomic E-state index is 2.48. The predicted octanol–water partition coefficient (Wildman–Crippen LogP) is 3.63. The Labute approximate surface area is 70.7 Å². The van der Waals surface area contributed by atoms with Gasteiger partial charge in [0, 0.05) is 0 Å². The highest BCUT2D eigenvalue weighted by Crippen LogP contribution is 2.33. The lowest BCUT2D eigenvalue weighted by Gasteiger charge is -2.30. The molecular weight excluding hydrogens is 132 g/mol. The molecule has 0 radical (unpaired) electrons. The first kappa shape index (κ1) is 8.83. The van der Waals surface area contributed by atoms with Crippen LogP contribution in [0, 0.1) is 17.8 Å². The van der Waals surface area contributed by atoms with Gasteiger partial charge in [-0.15, -0.1) is 0 Å². The molecule has 0 heterocycles. The van der Waals surface area contributed by atoms with Crippen LogP contribution in [0.15, 0.2) is 11.6 Å². The number of hydrogen-bond donors (Lipinski definition) is 0. The molecule has 0 spiro atoms. The minimum atomic E-state index is 0.827. The largest absolute Gasteiger partial charge is 0.0820 e. The van der Waals surface area contributed by atoms with Crippen molar-refractivity contribution >= 4 is 0 Å². The summed E-state index contributed by atoms with van der Waals surface area (Å²) in [5, 5.41) is 0. The number of rotatable bonds is 1. The summed E-state index contributed by atoms with van der Waals surface area (Å²) >= 11 is 0. The Morgan fingerprint density at radius 1 is 1.45 bits per heavy atom. The van der Waals surface area contributed by atoms with Crippen LogP contribution in [-0.2, 0) is 0 Å². The third kappa shape index (κ3) is 1.85. The molecule has 0 N–H and O–H groups in total. The van der Waals surface area contributed by atoms with E-state index >= 15 is 0 Å². The monoisotopic (exact) mass is 152 g/mol. The van der Waals surface area contributed by atoms with Crippen molar-refractivity contribution in [3.8, 4) is 0 Å². The van der Waals surface area contributed by atoms with Gasteiger partial charge in [-0.2, -0.15) is 0 Å². The molecule has 0 aromatic carbocycles. The summed E-state index contributed by atoms with van der Waals surface area (Å²) in [6.07, 6.45) is 5.19. The summed E-state index contributed by atoms with van der Waals surface area (Å²) in [5.74, 6) is 2.58. The number of allylic oxidation sites excluding steroid dienone is 2. The van der Waals surface area contributed by atoms with Crippen LogP contribution in [-0.4, -0.2) is 0 Å². The van der Waals surface area contributed by atoms with Gasteiger partial charge in [-0.25, -0.2) is 0 Å². The summed E-state index contributed by atoms with van der Waals surface area (Å²) in [4.78, 5) is 0. The third-order valence-corrected chi connectivity index (χ3v) is 3.18. The predicted molar refractivity (Wildman–Crippen MR) is 50.5 cm³/mol. The fourth-order valence-electron chi connectivity index (χ4n) is 2.10. The zero-order valence-corrected chi connectivity index (χ0v) is 8.22. The first-order chi connectivity index (χ1) is 5.15. The highest BCUT2D eigenvalue weighted by atomic mass is 14.3. The summed E-state index contributed by atoms with van der Waals surface area (Å²) < 4.78 is 0. The Morgan fingerprint density at radius 2 is 2.09 bits per heavy atom. The summed E-state index contributed by atoms with van der Waals surface area (Å²) in [7, 11) is 0. The second-order valence-electron chi connectivity index (χ2n) is 4.10. The summed E-state index contributed by atoms with van der Waals surface area (Å²) in [5.41, 5.74) is 1.61. The molecule has 64 valence electrons. The first-order valence-corrected chi connectivity index (χ1v) is 4.83. The van der Waals surface area contributed by atoms with Crippen molar-refractivity contribution in [2.45, 2.75) is 40.5 Å². The molecule has 0 saturated carbocycles. The van der Waals surface area contributed by atoms with Crippen LogP contribution in [0.3, 0.4) is 0 Å². The Morgan fingerprint density at radius 3 is 2.64 bits per heavy atom. The van der Waals surface area contributed by atoms with E-state index in [4.69, 9.17) is 0 Å². The molecule has 0 aromatic heterocycles. The van der Waals surface area contributed by atoms with Gasteiger partial charge in [0.25, 0.3) is 0 Å². The fraction of sp³-hybridized carbons (Fsp3) is 0.818. The lowest BCUT2D eigenvalue weighted by atomic mass is 9.76. The second kappa shape index (κ2) is 3.42. The maximum Gasteiger partial charge on any atom is -0.0208 e. The molecular formula is C11H20. The lowest BCUT2D eigenvalue weighted by Crippen LogP contribution is -2.18. The van der Waals surface area contributed by atoms with Crippen molar-refractivity contribution < 1.29 is 0 Å². The average Bonchev–Trinajstić information content (AvgIpc) is 1.97. The summed E-state index contributed by atoms with van der Waals surface area (Å²) in [6, 6.07) is 0. The minimum Gasteiger partial charge on any atom is -0.0820 e. The van der Waals surface area contributed by atoms with E-state index in [1.807, 2.05) is 0 Å². The summed E-state index contributed by atoms with van der Waals surface area (Å²) in [6.45, 7) is 9.29. The lowest BCUT2D eigenvalue weighted by molar-refractivity contribution is 0.325. The molecule has 11 heavy (non-hydrogen) atoms. The fourth-order valence-corrected chi connectivity index (χ4v) is 2.10. The Kier molecular flexibility index (Phi) is 2.75. The van der Waals surface area contributed by atoms with Gasteiger partial charge in [-0.1, -0.05) is 32.4 Å². The van der Waals surface area contributed by atoms with Gasteiger partial charge in [0.15, 0.2) is 0 Å². The van der Waals surface area contributed by atoms with Crippen LogP contribution in [0.5, 0.6) is 0 Å². The van der Waals surface area contributed by atoms with Crippen molar-refractivity contribution in [2.75, 3.05) is 0 Å². The third-order valence-electron chi connectivity index (χ3n) is 3.18. The Hall–Kier alpha value is -0.260. The minimum absolute atomic E-state index is 0.827. The van der Waals surface area contributed by atoms with E-state index < -0.39 is 0 Å². The van der Waals surface area contributed by atoms with Crippen LogP contribution >= 0.6 is 0 Å². The maximum absolute atomic E-state index is 2.48. The van der Waals surface area contributed by atoms with Gasteiger partial charge < -0.3 is 0 Å². The molecule has 0 aromatic rings. The van der Waals surface area contributed by atoms with Gasteiger partial charge in [0.05, 0.1) is 0 Å². The van der Waals surface area contributed by atoms with Crippen LogP contribution in [0.25, 0.3) is 0 Å². The topological polar surface area (TPSA) is 0 Å². The normalized spacial score (nSPS) is 38.5. The molecule has 0 heteroatoms. The van der Waals surface area contributed by atoms with Crippen molar-refractivity contribution in [1.82, 2.24) is 0 Å². The van der Waals surface area contributed by atoms with Crippen molar-refractivity contribution in [3.05, 3.63) is 11.6 Å². The van der Waals surface area contributed by atoms with Gasteiger partial charge in [-0.3, -0.25) is 0 Å². The molecule has 1 aliphatic rings. The highest BCUT2D eigenvalue weighted by Gasteiger charge is 2.22. The van der Waals surface area contributed by atoms with E-state index in [0.29, 0.717) is 0 Å². The van der Waals surface area contributed by atoms with Gasteiger partial charge in [0.1, 0.15) is 0 Å². The SMILES string of the molecule is CCC1C=C(C)[C@@H](C)CC1C. The zero-order chi connectivity index (χ0) is 8.43. The van der Waals surface area contributed by atoms with Crippen LogP contribution in [0.4, 0.5) is 0 Å². The van der Waals surface area contributed by atoms with Crippen molar-refractivity contribution in [1.29, 1.82) is 0 Å².